The molecule has 0 radical (unpaired) electrons. The van der Waals surface area contributed by atoms with Gasteiger partial charge in [-0.2, -0.15) is 0 Å². The maximum Gasteiger partial charge on any atom is 0.242 e. The van der Waals surface area contributed by atoms with Gasteiger partial charge in [0.2, 0.25) is 10.0 Å². The van der Waals surface area contributed by atoms with Crippen molar-refractivity contribution in [3.05, 3.63) is 21.6 Å². The van der Waals surface area contributed by atoms with E-state index in [1.54, 1.807) is 0 Å². The lowest BCUT2D eigenvalue weighted by Gasteiger charge is -2.30. The van der Waals surface area contributed by atoms with Crippen LogP contribution in [0.5, 0.6) is 0 Å². The van der Waals surface area contributed by atoms with Crippen molar-refractivity contribution in [2.75, 3.05) is 12.3 Å². The molecule has 0 heterocycles. The minimum Gasteiger partial charge on any atom is -0.398 e. The minimum atomic E-state index is -3.75. The maximum absolute atomic E-state index is 12.6. The first-order valence-electron chi connectivity index (χ1n) is 6.73. The molecule has 0 amide bonds. The predicted octanol–water partition coefficient (Wildman–Crippen LogP) is 2.51. The van der Waals surface area contributed by atoms with E-state index in [1.165, 1.54) is 12.1 Å². The van der Waals surface area contributed by atoms with Gasteiger partial charge in [0.05, 0.1) is 9.37 Å². The number of aliphatic hydroxyl groups excluding tert-OH is 1. The number of aliphatic hydroxyl groups is 1. The zero-order valence-corrected chi connectivity index (χ0v) is 14.5. The highest BCUT2D eigenvalue weighted by atomic mass is 79.9. The molecule has 8 heteroatoms. The molecule has 0 aliphatic heterocycles. The van der Waals surface area contributed by atoms with Crippen molar-refractivity contribution < 1.29 is 13.5 Å². The Morgan fingerprint density at radius 2 is 2.05 bits per heavy atom. The maximum atomic E-state index is 12.6. The van der Waals surface area contributed by atoms with Crippen molar-refractivity contribution >= 4 is 43.2 Å². The summed E-state index contributed by atoms with van der Waals surface area (Å²) < 4.78 is 28.1. The number of rotatable bonds is 4. The molecule has 0 spiro atoms. The van der Waals surface area contributed by atoms with E-state index >= 15 is 0 Å². The van der Waals surface area contributed by atoms with Crippen LogP contribution in [0.1, 0.15) is 25.7 Å². The molecule has 2 rings (SSSR count). The fraction of sp³-hybridized carbons (Fsp3) is 0.538. The molecule has 1 aliphatic rings. The number of hydrogen-bond acceptors (Lipinski definition) is 4. The Balaban J connectivity index is 2.30. The largest absolute Gasteiger partial charge is 0.398 e. The zero-order valence-electron chi connectivity index (χ0n) is 11.4. The SMILES string of the molecule is Nc1cc(Cl)cc(S(=O)(=O)NC2CCCCC2CO)c1Br. The van der Waals surface area contributed by atoms with Crippen LogP contribution in [0, 0.1) is 5.92 Å². The third-order valence-electron chi connectivity index (χ3n) is 3.77. The summed E-state index contributed by atoms with van der Waals surface area (Å²) in [5.41, 5.74) is 6.01. The molecule has 2 unspecified atom stereocenters. The van der Waals surface area contributed by atoms with Crippen molar-refractivity contribution in [3.8, 4) is 0 Å². The van der Waals surface area contributed by atoms with E-state index in [-0.39, 0.29) is 34.2 Å². The number of nitrogens with one attached hydrogen (secondary N) is 1. The molecule has 0 saturated heterocycles. The second-order valence-corrected chi connectivity index (χ2v) is 8.17. The fourth-order valence-corrected chi connectivity index (χ4v) is 5.26. The smallest absolute Gasteiger partial charge is 0.242 e. The summed E-state index contributed by atoms with van der Waals surface area (Å²) in [6, 6.07) is 2.59. The molecule has 1 aromatic carbocycles. The molecule has 5 nitrogen and oxygen atoms in total. The fourth-order valence-electron chi connectivity index (χ4n) is 2.62. The summed E-state index contributed by atoms with van der Waals surface area (Å²) in [7, 11) is -3.75. The highest BCUT2D eigenvalue weighted by molar-refractivity contribution is 9.10. The number of benzene rings is 1. The van der Waals surface area contributed by atoms with Crippen LogP contribution >= 0.6 is 27.5 Å². The van der Waals surface area contributed by atoms with Crippen molar-refractivity contribution in [2.24, 2.45) is 5.92 Å². The van der Waals surface area contributed by atoms with Gasteiger partial charge in [0.1, 0.15) is 0 Å². The van der Waals surface area contributed by atoms with E-state index in [1.807, 2.05) is 0 Å². The van der Waals surface area contributed by atoms with E-state index in [9.17, 15) is 13.5 Å². The molecule has 118 valence electrons. The van der Waals surface area contributed by atoms with Crippen LogP contribution < -0.4 is 10.5 Å². The number of anilines is 1. The Kier molecular flexibility index (Phi) is 5.54. The molecule has 1 aliphatic carbocycles. The molecule has 0 aromatic heterocycles. The number of nitrogen functional groups attached to an aromatic ring is 1. The molecule has 1 fully saturated rings. The van der Waals surface area contributed by atoms with E-state index in [4.69, 9.17) is 17.3 Å². The van der Waals surface area contributed by atoms with E-state index in [2.05, 4.69) is 20.7 Å². The van der Waals surface area contributed by atoms with Gasteiger partial charge in [-0.3, -0.25) is 0 Å². The number of halogens is 2. The average molecular weight is 398 g/mol. The summed E-state index contributed by atoms with van der Waals surface area (Å²) in [4.78, 5) is 0.0229. The number of nitrogens with two attached hydrogens (primary N) is 1. The van der Waals surface area contributed by atoms with Crippen molar-refractivity contribution in [1.29, 1.82) is 0 Å². The topological polar surface area (TPSA) is 92.4 Å². The first-order chi connectivity index (χ1) is 9.85. The molecule has 21 heavy (non-hydrogen) atoms. The van der Waals surface area contributed by atoms with Crippen LogP contribution in [-0.4, -0.2) is 26.2 Å². The van der Waals surface area contributed by atoms with Gasteiger partial charge in [0.15, 0.2) is 0 Å². The van der Waals surface area contributed by atoms with Gasteiger partial charge in [0.25, 0.3) is 0 Å². The quantitative estimate of drug-likeness (QED) is 0.681. The second kappa shape index (κ2) is 6.83. The van der Waals surface area contributed by atoms with Crippen molar-refractivity contribution in [1.82, 2.24) is 4.72 Å². The minimum absolute atomic E-state index is 0.0218. The normalized spacial score (nSPS) is 23.2. The zero-order chi connectivity index (χ0) is 15.6. The van der Waals surface area contributed by atoms with Crippen LogP contribution in [0.2, 0.25) is 5.02 Å². The molecule has 1 saturated carbocycles. The Morgan fingerprint density at radius 3 is 2.71 bits per heavy atom. The molecular weight excluding hydrogens is 380 g/mol. The molecule has 1 aromatic rings. The van der Waals surface area contributed by atoms with Gasteiger partial charge in [-0.15, -0.1) is 0 Å². The first kappa shape index (κ1) is 17.0. The van der Waals surface area contributed by atoms with Gasteiger partial charge in [-0.1, -0.05) is 24.4 Å². The summed E-state index contributed by atoms with van der Waals surface area (Å²) in [6.45, 7) is -0.0218. The van der Waals surface area contributed by atoms with Crippen molar-refractivity contribution in [2.45, 2.75) is 36.6 Å². The van der Waals surface area contributed by atoms with Gasteiger partial charge in [-0.25, -0.2) is 13.1 Å². The van der Waals surface area contributed by atoms with Crippen LogP contribution in [0.4, 0.5) is 5.69 Å². The second-order valence-electron chi connectivity index (χ2n) is 5.26. The number of hydrogen-bond donors (Lipinski definition) is 3. The highest BCUT2D eigenvalue weighted by Gasteiger charge is 2.30. The van der Waals surface area contributed by atoms with Crippen LogP contribution in [0.3, 0.4) is 0 Å². The lowest BCUT2D eigenvalue weighted by Crippen LogP contribution is -2.43. The molecule has 4 N–H and O–H groups in total. The van der Waals surface area contributed by atoms with Crippen LogP contribution in [0.15, 0.2) is 21.5 Å². The lowest BCUT2D eigenvalue weighted by molar-refractivity contribution is 0.164. The van der Waals surface area contributed by atoms with Crippen LogP contribution in [0.25, 0.3) is 0 Å². The first-order valence-corrected chi connectivity index (χ1v) is 9.38. The highest BCUT2D eigenvalue weighted by Crippen LogP contribution is 2.33. The predicted molar refractivity (Wildman–Crippen MR) is 86.7 cm³/mol. The Morgan fingerprint density at radius 1 is 1.38 bits per heavy atom. The Bertz CT molecular complexity index is 624. The summed E-state index contributed by atoms with van der Waals surface area (Å²) >= 11 is 9.09. The summed E-state index contributed by atoms with van der Waals surface area (Å²) in [6.07, 6.45) is 3.50. The third kappa shape index (κ3) is 3.90. The average Bonchev–Trinajstić information content (AvgIpc) is 2.43. The molecule has 0 bridgehead atoms. The monoisotopic (exact) mass is 396 g/mol. The van der Waals surface area contributed by atoms with E-state index in [0.29, 0.717) is 4.47 Å². The summed E-state index contributed by atoms with van der Waals surface area (Å²) in [5, 5.41) is 9.65. The van der Waals surface area contributed by atoms with Crippen LogP contribution in [-0.2, 0) is 10.0 Å². The Labute approximate surface area is 138 Å². The standard InChI is InChI=1S/C13H18BrClN2O3S/c14-13-10(16)5-9(15)6-12(13)21(19,20)17-11-4-2-1-3-8(11)7-18/h5-6,8,11,17-18H,1-4,7,16H2. The van der Waals surface area contributed by atoms with Gasteiger partial charge in [0, 0.05) is 23.4 Å². The number of sulfonamides is 1. The van der Waals surface area contributed by atoms with Gasteiger partial charge < -0.3 is 10.8 Å². The van der Waals surface area contributed by atoms with E-state index in [0.717, 1.165) is 25.7 Å². The van der Waals surface area contributed by atoms with E-state index < -0.39 is 10.0 Å². The molecular formula is C13H18BrClN2O3S. The van der Waals surface area contributed by atoms with Gasteiger partial charge in [-0.05, 0) is 46.8 Å². The third-order valence-corrected chi connectivity index (χ3v) is 6.65. The molecule has 2 atom stereocenters. The van der Waals surface area contributed by atoms with Crippen molar-refractivity contribution in [3.63, 3.8) is 0 Å². The lowest BCUT2D eigenvalue weighted by atomic mass is 9.86. The van der Waals surface area contributed by atoms with Gasteiger partial charge >= 0.3 is 0 Å². The Hall–Kier alpha value is -0.340. The summed E-state index contributed by atoms with van der Waals surface area (Å²) in [5.74, 6) is -0.0520.